The van der Waals surface area contributed by atoms with Gasteiger partial charge in [-0.15, -0.1) is 0 Å². The second-order valence-electron chi connectivity index (χ2n) is 4.83. The molecule has 0 aliphatic carbocycles. The van der Waals surface area contributed by atoms with Crippen molar-refractivity contribution in [2.24, 2.45) is 0 Å². The van der Waals surface area contributed by atoms with E-state index in [-0.39, 0.29) is 29.0 Å². The Morgan fingerprint density at radius 2 is 2.09 bits per heavy atom. The minimum atomic E-state index is -4.66. The van der Waals surface area contributed by atoms with Crippen molar-refractivity contribution in [1.82, 2.24) is 10.3 Å². The molecule has 0 saturated heterocycles. The predicted octanol–water partition coefficient (Wildman–Crippen LogP) is 2.52. The first-order chi connectivity index (χ1) is 10.8. The van der Waals surface area contributed by atoms with Crippen LogP contribution in [0.25, 0.3) is 10.9 Å². The number of nitrogens with two attached hydrogens (primary N) is 1. The summed E-state index contributed by atoms with van der Waals surface area (Å²) < 4.78 is 46.1. The Labute approximate surface area is 130 Å². The highest BCUT2D eigenvalue weighted by Gasteiger charge is 2.38. The molecule has 0 saturated carbocycles. The molecule has 2 aromatic rings. The molecule has 0 atom stereocenters. The van der Waals surface area contributed by atoms with Crippen molar-refractivity contribution in [3.05, 3.63) is 29.3 Å². The average Bonchev–Trinajstić information content (AvgIpc) is 2.46. The lowest BCUT2D eigenvalue weighted by molar-refractivity contribution is -0.137. The number of benzene rings is 1. The molecule has 8 heteroatoms. The number of hydrogen-bond donors (Lipinski definition) is 2. The normalized spacial score (nSPS) is 11.5. The third kappa shape index (κ3) is 3.46. The number of nitrogens with zero attached hydrogens (tertiary/aromatic N) is 1. The van der Waals surface area contributed by atoms with Gasteiger partial charge in [-0.05, 0) is 19.1 Å². The fourth-order valence-electron chi connectivity index (χ4n) is 2.29. The van der Waals surface area contributed by atoms with Crippen LogP contribution in [0.5, 0.6) is 5.88 Å². The first-order valence-corrected chi connectivity index (χ1v) is 6.90. The summed E-state index contributed by atoms with van der Waals surface area (Å²) in [7, 11) is 1.35. The smallest absolute Gasteiger partial charge is 0.417 e. The van der Waals surface area contributed by atoms with Crippen molar-refractivity contribution in [2.45, 2.75) is 19.5 Å². The lowest BCUT2D eigenvalue weighted by Crippen LogP contribution is -2.23. The largest absolute Gasteiger partial charge is 0.478 e. The molecule has 1 aromatic heterocycles. The van der Waals surface area contributed by atoms with Crippen LogP contribution in [0.3, 0.4) is 0 Å². The van der Waals surface area contributed by atoms with E-state index in [0.717, 1.165) is 0 Å². The van der Waals surface area contributed by atoms with Crippen LogP contribution >= 0.6 is 0 Å². The highest BCUT2D eigenvalue weighted by Crippen LogP contribution is 2.40. The summed E-state index contributed by atoms with van der Waals surface area (Å²) in [6.07, 6.45) is -5.14. The van der Waals surface area contributed by atoms with Crippen LogP contribution < -0.4 is 15.8 Å². The van der Waals surface area contributed by atoms with Crippen molar-refractivity contribution in [3.63, 3.8) is 0 Å². The maximum Gasteiger partial charge on any atom is 0.417 e. The van der Waals surface area contributed by atoms with Gasteiger partial charge in [-0.25, -0.2) is 4.98 Å². The van der Waals surface area contributed by atoms with Crippen molar-refractivity contribution in [3.8, 4) is 5.88 Å². The van der Waals surface area contributed by atoms with E-state index in [1.54, 1.807) is 6.92 Å². The molecule has 1 amide bonds. The van der Waals surface area contributed by atoms with Gasteiger partial charge in [0.25, 0.3) is 0 Å². The van der Waals surface area contributed by atoms with Gasteiger partial charge >= 0.3 is 6.18 Å². The fraction of sp³-hybridized carbons (Fsp3) is 0.333. The molecule has 0 radical (unpaired) electrons. The molecule has 3 N–H and O–H groups in total. The quantitative estimate of drug-likeness (QED) is 0.846. The molecule has 1 heterocycles. The molecule has 0 unspecified atom stereocenters. The van der Waals surface area contributed by atoms with Gasteiger partial charge in [-0.1, -0.05) is 6.07 Å². The molecule has 0 aliphatic rings. The van der Waals surface area contributed by atoms with Crippen LogP contribution in [-0.4, -0.2) is 24.5 Å². The molecule has 0 aliphatic heterocycles. The maximum absolute atomic E-state index is 13.6. The summed E-state index contributed by atoms with van der Waals surface area (Å²) >= 11 is 0. The number of nitrogen functional groups attached to an aromatic ring is 1. The van der Waals surface area contributed by atoms with Gasteiger partial charge in [-0.3, -0.25) is 4.79 Å². The molecule has 1 aromatic carbocycles. The molecular weight excluding hydrogens is 311 g/mol. The highest BCUT2D eigenvalue weighted by atomic mass is 19.4. The van der Waals surface area contributed by atoms with Crippen molar-refractivity contribution >= 4 is 22.5 Å². The summed E-state index contributed by atoms with van der Waals surface area (Å²) in [5.74, 6) is -0.769. The van der Waals surface area contributed by atoms with Crippen molar-refractivity contribution in [2.75, 3.05) is 19.4 Å². The Morgan fingerprint density at radius 3 is 2.65 bits per heavy atom. The van der Waals surface area contributed by atoms with Crippen LogP contribution in [0.2, 0.25) is 0 Å². The van der Waals surface area contributed by atoms with Gasteiger partial charge in [0.15, 0.2) is 0 Å². The van der Waals surface area contributed by atoms with E-state index >= 15 is 0 Å². The molecule has 0 fully saturated rings. The number of carbonyl (C=O) groups is 1. The van der Waals surface area contributed by atoms with Crippen molar-refractivity contribution in [1.29, 1.82) is 0 Å². The van der Waals surface area contributed by atoms with Gasteiger partial charge < -0.3 is 15.8 Å². The minimum absolute atomic E-state index is 0.0708. The van der Waals surface area contributed by atoms with Gasteiger partial charge in [0, 0.05) is 23.7 Å². The van der Waals surface area contributed by atoms with Gasteiger partial charge in [0.2, 0.25) is 11.8 Å². The average molecular weight is 327 g/mol. The van der Waals surface area contributed by atoms with Crippen LogP contribution in [0.1, 0.15) is 18.1 Å². The Hall–Kier alpha value is -2.51. The molecule has 23 heavy (non-hydrogen) atoms. The topological polar surface area (TPSA) is 77.2 Å². The van der Waals surface area contributed by atoms with Crippen LogP contribution in [-0.2, 0) is 17.4 Å². The van der Waals surface area contributed by atoms with E-state index in [1.165, 1.54) is 25.2 Å². The number of fused-ring (bicyclic) bond motifs is 1. The Bertz CT molecular complexity index is 745. The lowest BCUT2D eigenvalue weighted by Gasteiger charge is -2.18. The van der Waals surface area contributed by atoms with E-state index in [9.17, 15) is 18.0 Å². The maximum atomic E-state index is 13.6. The van der Waals surface area contributed by atoms with Crippen LogP contribution in [0, 0.1) is 0 Å². The summed E-state index contributed by atoms with van der Waals surface area (Å²) in [6.45, 7) is 1.75. The van der Waals surface area contributed by atoms with E-state index in [4.69, 9.17) is 10.5 Å². The fourth-order valence-corrected chi connectivity index (χ4v) is 2.29. The number of amides is 1. The minimum Gasteiger partial charge on any atom is -0.478 e. The Balaban J connectivity index is 2.83. The van der Waals surface area contributed by atoms with Crippen molar-refractivity contribution < 1.29 is 22.7 Å². The first-order valence-electron chi connectivity index (χ1n) is 6.90. The molecule has 0 spiro atoms. The number of nitrogens with one attached hydrogen (secondary N) is 1. The summed E-state index contributed by atoms with van der Waals surface area (Å²) in [4.78, 5) is 15.7. The number of halogens is 3. The summed E-state index contributed by atoms with van der Waals surface area (Å²) in [5.41, 5.74) is 4.78. The number of likely N-dealkylation sites (N-methyl/N-ethyl adjacent to an activating group) is 1. The molecule has 5 nitrogen and oxygen atoms in total. The van der Waals surface area contributed by atoms with Gasteiger partial charge in [0.1, 0.15) is 0 Å². The van der Waals surface area contributed by atoms with E-state index < -0.39 is 24.1 Å². The van der Waals surface area contributed by atoms with E-state index in [1.807, 2.05) is 0 Å². The molecular formula is C15H16F3N3O2. The van der Waals surface area contributed by atoms with Gasteiger partial charge in [0.05, 0.1) is 24.1 Å². The number of alkyl halides is 3. The zero-order chi connectivity index (χ0) is 17.2. The monoisotopic (exact) mass is 327 g/mol. The van der Waals surface area contributed by atoms with E-state index in [0.29, 0.717) is 5.69 Å². The number of aromatic nitrogens is 1. The van der Waals surface area contributed by atoms with Gasteiger partial charge in [-0.2, -0.15) is 13.2 Å². The number of carbonyl (C=O) groups excluding carboxylic acids is 1. The van der Waals surface area contributed by atoms with Crippen LogP contribution in [0.15, 0.2) is 18.2 Å². The molecule has 0 bridgehead atoms. The number of hydrogen-bond acceptors (Lipinski definition) is 4. The predicted molar refractivity (Wildman–Crippen MR) is 80.1 cm³/mol. The zero-order valence-corrected chi connectivity index (χ0v) is 12.6. The lowest BCUT2D eigenvalue weighted by atomic mass is 9.99. The number of anilines is 1. The number of pyridine rings is 1. The Morgan fingerprint density at radius 1 is 1.39 bits per heavy atom. The standard InChI is InChI=1S/C15H16F3N3O2/c1-3-23-14-10(7-12(22)20-2)13(15(16,17)18)9-5-4-8(19)6-11(9)21-14/h4-6H,3,7,19H2,1-2H3,(H,20,22). The molecule has 124 valence electrons. The highest BCUT2D eigenvalue weighted by molar-refractivity contribution is 5.89. The van der Waals surface area contributed by atoms with Crippen LogP contribution in [0.4, 0.5) is 18.9 Å². The number of ether oxygens (including phenoxy) is 1. The summed E-state index contributed by atoms with van der Waals surface area (Å²) in [6, 6.07) is 3.96. The molecule has 2 rings (SSSR count). The SMILES string of the molecule is CCOc1nc2cc(N)ccc2c(C(F)(F)F)c1CC(=O)NC. The number of rotatable bonds is 4. The second-order valence-corrected chi connectivity index (χ2v) is 4.83. The van der Waals surface area contributed by atoms with E-state index in [2.05, 4.69) is 10.3 Å². The second kappa shape index (κ2) is 6.31. The zero-order valence-electron chi connectivity index (χ0n) is 12.6. The Kier molecular flexibility index (Phi) is 4.63. The third-order valence-electron chi connectivity index (χ3n) is 3.25. The third-order valence-corrected chi connectivity index (χ3v) is 3.25. The first kappa shape index (κ1) is 16.9. The summed E-state index contributed by atoms with van der Waals surface area (Å²) in [5, 5.41) is 2.19.